The summed E-state index contributed by atoms with van der Waals surface area (Å²) in [7, 11) is 0. The fourth-order valence-corrected chi connectivity index (χ4v) is 7.16. The van der Waals surface area contributed by atoms with Crippen molar-refractivity contribution in [2.45, 2.75) is 51.6 Å². The highest BCUT2D eigenvalue weighted by Gasteiger charge is 2.66. The molecule has 35 heavy (non-hydrogen) atoms. The molecule has 1 saturated carbocycles. The predicted molar refractivity (Wildman–Crippen MR) is 139 cm³/mol. The van der Waals surface area contributed by atoms with Crippen molar-refractivity contribution in [2.75, 3.05) is 5.88 Å². The predicted octanol–water partition coefficient (Wildman–Crippen LogP) is 4.47. The van der Waals surface area contributed by atoms with Crippen LogP contribution in [0.3, 0.4) is 0 Å². The van der Waals surface area contributed by atoms with Crippen LogP contribution in [0.5, 0.6) is 5.75 Å². The van der Waals surface area contributed by atoms with E-state index in [1.807, 2.05) is 20.8 Å². The topological polar surface area (TPSA) is 132 Å². The van der Waals surface area contributed by atoms with Crippen LogP contribution in [0.1, 0.15) is 57.2 Å². The number of benzene rings is 1. The lowest BCUT2D eigenvalue weighted by molar-refractivity contribution is -0.158. The van der Waals surface area contributed by atoms with Gasteiger partial charge in [0.05, 0.1) is 5.56 Å². The molecule has 0 saturated heterocycles. The van der Waals surface area contributed by atoms with Crippen LogP contribution in [-0.4, -0.2) is 47.3 Å². The fraction of sp³-hybridized carbons (Fsp3) is 0.500. The van der Waals surface area contributed by atoms with Gasteiger partial charge in [-0.2, -0.15) is 0 Å². The van der Waals surface area contributed by atoms with Gasteiger partial charge in [-0.25, -0.2) is 0 Å². The molecule has 9 heteroatoms. The first kappa shape index (κ1) is 26.2. The van der Waals surface area contributed by atoms with E-state index in [9.17, 15) is 34.8 Å². The number of rotatable bonds is 3. The smallest absolute Gasteiger partial charge is 0.229 e. The molecule has 1 aromatic carbocycles. The first-order chi connectivity index (χ1) is 16.1. The molecule has 3 aliphatic rings. The van der Waals surface area contributed by atoms with E-state index in [2.05, 4.69) is 0 Å². The Bertz CT molecular complexity index is 1250. The standard InChI is InChI=1S/C26H28ClIO7/c1-9-12-6-7-13(25(4,5)8-27)20(30)15(12)21(31)16-14(9)10(2)18-11(3)19(29)17(24(28)34)23(33)26(18,35)22(16)32/h6-7,9-11,14,18,30-31,33,35H,8H2,1-5H3/t9-,10-,11-,14?,18?,26-/m0/s1. The number of phenolic OH excluding ortho intramolecular Hbond substituents is 1. The van der Waals surface area contributed by atoms with Gasteiger partial charge in [0.15, 0.2) is 11.4 Å². The van der Waals surface area contributed by atoms with Crippen LogP contribution < -0.4 is 0 Å². The average Bonchev–Trinajstić information content (AvgIpc) is 2.78. The number of alkyl halides is 1. The number of halogens is 2. The molecule has 3 aliphatic carbocycles. The van der Waals surface area contributed by atoms with Crippen LogP contribution >= 0.6 is 34.2 Å². The van der Waals surface area contributed by atoms with Gasteiger partial charge >= 0.3 is 0 Å². The van der Waals surface area contributed by atoms with Gasteiger partial charge in [0.2, 0.25) is 9.57 Å². The van der Waals surface area contributed by atoms with Crippen LogP contribution in [0.15, 0.2) is 29.0 Å². The Morgan fingerprint density at radius 2 is 1.71 bits per heavy atom. The molecule has 0 aliphatic heterocycles. The Balaban J connectivity index is 2.04. The molecule has 1 fully saturated rings. The summed E-state index contributed by atoms with van der Waals surface area (Å²) >= 11 is 7.46. The van der Waals surface area contributed by atoms with Gasteiger partial charge in [-0.1, -0.05) is 46.8 Å². The Morgan fingerprint density at radius 1 is 1.11 bits per heavy atom. The molecule has 2 unspecified atom stereocenters. The van der Waals surface area contributed by atoms with Gasteiger partial charge < -0.3 is 20.4 Å². The number of fused-ring (bicyclic) bond motifs is 3. The molecule has 4 rings (SSSR count). The summed E-state index contributed by atoms with van der Waals surface area (Å²) in [6.07, 6.45) is 0. The van der Waals surface area contributed by atoms with E-state index in [4.69, 9.17) is 11.6 Å². The van der Waals surface area contributed by atoms with Gasteiger partial charge in [-0.15, -0.1) is 11.6 Å². The normalized spacial score (nSPS) is 32.9. The molecular weight excluding hydrogens is 587 g/mol. The highest BCUT2D eigenvalue weighted by Crippen LogP contribution is 2.59. The highest BCUT2D eigenvalue weighted by atomic mass is 127. The average molecular weight is 615 g/mol. The van der Waals surface area contributed by atoms with Crippen LogP contribution in [0.25, 0.3) is 5.76 Å². The molecule has 0 bridgehead atoms. The first-order valence-corrected chi connectivity index (χ1v) is 13.1. The maximum atomic E-state index is 13.9. The minimum atomic E-state index is -2.55. The van der Waals surface area contributed by atoms with E-state index in [0.717, 1.165) is 0 Å². The summed E-state index contributed by atoms with van der Waals surface area (Å²) in [6.45, 7) is 8.85. The molecular formula is C26H28ClIO7. The number of aliphatic hydroxyl groups excluding tert-OH is 2. The molecule has 0 heterocycles. The Hall–Kier alpha value is -1.91. The number of hydrogen-bond donors (Lipinski definition) is 4. The zero-order chi connectivity index (χ0) is 26.4. The molecule has 4 N–H and O–H groups in total. The number of carbonyl (C=O) groups excluding carboxylic acids is 3. The van der Waals surface area contributed by atoms with Crippen molar-refractivity contribution in [1.82, 2.24) is 0 Å². The summed E-state index contributed by atoms with van der Waals surface area (Å²) < 4.78 is -0.780. The van der Waals surface area contributed by atoms with Gasteiger partial charge in [0.25, 0.3) is 0 Å². The number of allylic oxidation sites excluding steroid dienone is 1. The van der Waals surface area contributed by atoms with Crippen LogP contribution in [-0.2, 0) is 19.8 Å². The van der Waals surface area contributed by atoms with Gasteiger partial charge in [0, 0.05) is 62.8 Å². The molecule has 0 amide bonds. The molecule has 0 radical (unpaired) electrons. The van der Waals surface area contributed by atoms with Crippen molar-refractivity contribution in [3.63, 3.8) is 0 Å². The number of Topliss-reactive ketones (excluding diaryl/α,β-unsaturated/α-hetero) is 2. The van der Waals surface area contributed by atoms with Crippen LogP contribution in [0.4, 0.5) is 0 Å². The number of aliphatic hydroxyl groups is 3. The molecule has 188 valence electrons. The molecule has 1 aromatic rings. The Labute approximate surface area is 222 Å². The third kappa shape index (κ3) is 3.28. The monoisotopic (exact) mass is 614 g/mol. The number of aromatic hydroxyl groups is 1. The summed E-state index contributed by atoms with van der Waals surface area (Å²) in [4.78, 5) is 39.0. The number of carbonyl (C=O) groups is 3. The zero-order valence-electron chi connectivity index (χ0n) is 20.0. The SMILES string of the molecule is C[C@H]1C2C(=C(O)c3c(ccc(C(C)(C)CCl)c3O)[C@@H]2C)C(=O)[C@]2(O)C(O)=C(C(=O)I)C(=O)[C@@H](C)C12. The molecule has 6 atom stereocenters. The quantitative estimate of drug-likeness (QED) is 0.171. The minimum absolute atomic E-state index is 0.0932. The summed E-state index contributed by atoms with van der Waals surface area (Å²) in [5, 5.41) is 45.2. The summed E-state index contributed by atoms with van der Waals surface area (Å²) in [6, 6.07) is 3.56. The molecule has 0 spiro atoms. The Morgan fingerprint density at radius 3 is 2.26 bits per heavy atom. The van der Waals surface area contributed by atoms with Crippen molar-refractivity contribution >= 4 is 55.3 Å². The van der Waals surface area contributed by atoms with E-state index in [-0.39, 0.29) is 28.7 Å². The van der Waals surface area contributed by atoms with Crippen molar-refractivity contribution in [1.29, 1.82) is 0 Å². The van der Waals surface area contributed by atoms with Crippen LogP contribution in [0.2, 0.25) is 0 Å². The van der Waals surface area contributed by atoms with Gasteiger partial charge in [-0.05, 0) is 17.4 Å². The molecule has 7 nitrogen and oxygen atoms in total. The van der Waals surface area contributed by atoms with Gasteiger partial charge in [-0.3, -0.25) is 14.4 Å². The van der Waals surface area contributed by atoms with Crippen molar-refractivity contribution in [3.8, 4) is 5.75 Å². The Kier molecular flexibility index (Phi) is 6.21. The summed E-state index contributed by atoms with van der Waals surface area (Å²) in [5.41, 5.74) is -2.69. The second-order valence-electron chi connectivity index (χ2n) is 10.7. The van der Waals surface area contributed by atoms with E-state index in [1.165, 1.54) is 29.5 Å². The van der Waals surface area contributed by atoms with Gasteiger partial charge in [0.1, 0.15) is 22.8 Å². The van der Waals surface area contributed by atoms with Crippen molar-refractivity contribution in [3.05, 3.63) is 45.7 Å². The number of phenols is 1. The zero-order valence-corrected chi connectivity index (χ0v) is 22.9. The fourth-order valence-electron chi connectivity index (χ4n) is 6.50. The highest BCUT2D eigenvalue weighted by molar-refractivity contribution is 14.1. The second-order valence-corrected chi connectivity index (χ2v) is 11.9. The van der Waals surface area contributed by atoms with E-state index >= 15 is 0 Å². The second kappa shape index (κ2) is 8.31. The maximum Gasteiger partial charge on any atom is 0.229 e. The lowest BCUT2D eigenvalue weighted by Gasteiger charge is -2.53. The third-order valence-corrected chi connectivity index (χ3v) is 9.53. The van der Waals surface area contributed by atoms with E-state index < -0.39 is 67.1 Å². The van der Waals surface area contributed by atoms with E-state index in [0.29, 0.717) is 11.1 Å². The van der Waals surface area contributed by atoms with Crippen molar-refractivity contribution < 1.29 is 34.8 Å². The molecule has 0 aromatic heterocycles. The van der Waals surface area contributed by atoms with Crippen LogP contribution in [0, 0.1) is 23.7 Å². The number of ketones is 2. The lowest BCUT2D eigenvalue weighted by atomic mass is 9.50. The lowest BCUT2D eigenvalue weighted by Crippen LogP contribution is -2.63. The third-order valence-electron chi connectivity index (χ3n) is 8.33. The number of hydrogen-bond acceptors (Lipinski definition) is 7. The largest absolute Gasteiger partial charge is 0.508 e. The first-order valence-electron chi connectivity index (χ1n) is 11.4. The maximum absolute atomic E-state index is 13.9. The summed E-state index contributed by atoms with van der Waals surface area (Å²) in [5.74, 6) is -6.45. The van der Waals surface area contributed by atoms with Crippen molar-refractivity contribution in [2.24, 2.45) is 23.7 Å². The minimum Gasteiger partial charge on any atom is -0.508 e. The van der Waals surface area contributed by atoms with E-state index in [1.54, 1.807) is 19.1 Å².